The number of benzene rings is 1. The van der Waals surface area contributed by atoms with Crippen LogP contribution in [0.25, 0.3) is 0 Å². The lowest BCUT2D eigenvalue weighted by Crippen LogP contribution is -2.05. The first kappa shape index (κ1) is 11.4. The molecule has 0 aliphatic carbocycles. The SMILES string of the molecule is CNCCC#Cc1cccc(OC)c1O. The van der Waals surface area contributed by atoms with Crippen LogP contribution in [0, 0.1) is 11.8 Å². The summed E-state index contributed by atoms with van der Waals surface area (Å²) in [6.45, 7) is 0.845. The predicted molar refractivity (Wildman–Crippen MR) is 60.1 cm³/mol. The Morgan fingerprint density at radius 1 is 1.47 bits per heavy atom. The van der Waals surface area contributed by atoms with Crippen LogP contribution in [0.2, 0.25) is 0 Å². The first-order valence-corrected chi connectivity index (χ1v) is 4.79. The molecule has 0 saturated heterocycles. The van der Waals surface area contributed by atoms with Gasteiger partial charge in [0.2, 0.25) is 0 Å². The van der Waals surface area contributed by atoms with Gasteiger partial charge in [0.25, 0.3) is 0 Å². The number of hydrogen-bond acceptors (Lipinski definition) is 3. The van der Waals surface area contributed by atoms with Gasteiger partial charge in [0.05, 0.1) is 12.7 Å². The molecule has 0 atom stereocenters. The summed E-state index contributed by atoms with van der Waals surface area (Å²) in [4.78, 5) is 0. The Labute approximate surface area is 90.1 Å². The summed E-state index contributed by atoms with van der Waals surface area (Å²) in [7, 11) is 3.40. The molecule has 1 aromatic carbocycles. The molecular weight excluding hydrogens is 190 g/mol. The molecule has 0 bridgehead atoms. The van der Waals surface area contributed by atoms with Crippen molar-refractivity contribution < 1.29 is 9.84 Å². The highest BCUT2D eigenvalue weighted by atomic mass is 16.5. The van der Waals surface area contributed by atoms with E-state index in [-0.39, 0.29) is 5.75 Å². The molecule has 1 aromatic rings. The quantitative estimate of drug-likeness (QED) is 0.578. The van der Waals surface area contributed by atoms with Crippen LogP contribution in [-0.4, -0.2) is 25.8 Å². The zero-order valence-corrected chi connectivity index (χ0v) is 9.00. The van der Waals surface area contributed by atoms with Crippen molar-refractivity contribution in [1.29, 1.82) is 0 Å². The van der Waals surface area contributed by atoms with Crippen LogP contribution in [0.3, 0.4) is 0 Å². The van der Waals surface area contributed by atoms with Crippen LogP contribution in [0.15, 0.2) is 18.2 Å². The molecule has 0 radical (unpaired) electrons. The number of phenolic OH excluding ortho intramolecular Hbond substituents is 1. The minimum absolute atomic E-state index is 0.108. The molecule has 0 unspecified atom stereocenters. The molecule has 0 amide bonds. The second-order valence-corrected chi connectivity index (χ2v) is 3.01. The standard InChI is InChI=1S/C12H15NO2/c1-13-9-4-3-6-10-7-5-8-11(15-2)12(10)14/h5,7-8,13-14H,4,9H2,1-2H3. The highest BCUT2D eigenvalue weighted by molar-refractivity contribution is 5.53. The van der Waals surface area contributed by atoms with Gasteiger partial charge < -0.3 is 15.2 Å². The van der Waals surface area contributed by atoms with E-state index in [9.17, 15) is 5.11 Å². The largest absolute Gasteiger partial charge is 0.503 e. The Hall–Kier alpha value is -1.66. The van der Waals surface area contributed by atoms with Gasteiger partial charge in [0, 0.05) is 13.0 Å². The fourth-order valence-corrected chi connectivity index (χ4v) is 1.13. The molecule has 0 heterocycles. The smallest absolute Gasteiger partial charge is 0.173 e. The van der Waals surface area contributed by atoms with E-state index < -0.39 is 0 Å². The zero-order chi connectivity index (χ0) is 11.1. The Bertz CT molecular complexity index is 377. The third-order valence-corrected chi connectivity index (χ3v) is 1.94. The van der Waals surface area contributed by atoms with Gasteiger partial charge in [-0.1, -0.05) is 17.9 Å². The van der Waals surface area contributed by atoms with E-state index in [4.69, 9.17) is 4.74 Å². The number of para-hydroxylation sites is 1. The van der Waals surface area contributed by atoms with E-state index in [0.29, 0.717) is 11.3 Å². The number of rotatable bonds is 3. The number of aromatic hydroxyl groups is 1. The van der Waals surface area contributed by atoms with E-state index in [0.717, 1.165) is 13.0 Å². The van der Waals surface area contributed by atoms with Gasteiger partial charge in [0.15, 0.2) is 11.5 Å². The Morgan fingerprint density at radius 3 is 2.93 bits per heavy atom. The minimum atomic E-state index is 0.108. The lowest BCUT2D eigenvalue weighted by Gasteiger charge is -2.03. The second-order valence-electron chi connectivity index (χ2n) is 3.01. The molecule has 2 N–H and O–H groups in total. The minimum Gasteiger partial charge on any atom is -0.503 e. The van der Waals surface area contributed by atoms with Gasteiger partial charge in [-0.25, -0.2) is 0 Å². The highest BCUT2D eigenvalue weighted by Crippen LogP contribution is 2.28. The molecule has 0 saturated carbocycles. The summed E-state index contributed by atoms with van der Waals surface area (Å²) in [6, 6.07) is 5.28. The molecule has 3 heteroatoms. The molecule has 3 nitrogen and oxygen atoms in total. The average molecular weight is 205 g/mol. The molecule has 0 spiro atoms. The van der Waals surface area contributed by atoms with Gasteiger partial charge in [-0.05, 0) is 19.2 Å². The van der Waals surface area contributed by atoms with E-state index >= 15 is 0 Å². The zero-order valence-electron chi connectivity index (χ0n) is 9.00. The predicted octanol–water partition coefficient (Wildman–Crippen LogP) is 1.36. The topological polar surface area (TPSA) is 41.5 Å². The molecule has 1 rings (SSSR count). The molecule has 80 valence electrons. The Kier molecular flexibility index (Phi) is 4.52. The van der Waals surface area contributed by atoms with Crippen molar-refractivity contribution in [3.05, 3.63) is 23.8 Å². The fourth-order valence-electron chi connectivity index (χ4n) is 1.13. The molecule has 0 aromatic heterocycles. The lowest BCUT2D eigenvalue weighted by molar-refractivity contribution is 0.373. The molecule has 0 aliphatic heterocycles. The fraction of sp³-hybridized carbons (Fsp3) is 0.333. The first-order valence-electron chi connectivity index (χ1n) is 4.79. The molecular formula is C12H15NO2. The van der Waals surface area contributed by atoms with Crippen molar-refractivity contribution in [2.45, 2.75) is 6.42 Å². The van der Waals surface area contributed by atoms with Gasteiger partial charge in [-0.15, -0.1) is 0 Å². The maximum Gasteiger partial charge on any atom is 0.173 e. The van der Waals surface area contributed by atoms with Crippen molar-refractivity contribution in [2.24, 2.45) is 0 Å². The molecule has 15 heavy (non-hydrogen) atoms. The van der Waals surface area contributed by atoms with E-state index in [1.807, 2.05) is 7.05 Å². The van der Waals surface area contributed by atoms with E-state index in [1.54, 1.807) is 18.2 Å². The Balaban J connectivity index is 2.79. The van der Waals surface area contributed by atoms with E-state index in [2.05, 4.69) is 17.2 Å². The van der Waals surface area contributed by atoms with Crippen LogP contribution < -0.4 is 10.1 Å². The van der Waals surface area contributed by atoms with Crippen LogP contribution in [0.4, 0.5) is 0 Å². The van der Waals surface area contributed by atoms with Crippen LogP contribution in [-0.2, 0) is 0 Å². The number of methoxy groups -OCH3 is 1. The number of phenols is 1. The second kappa shape index (κ2) is 5.94. The summed E-state index contributed by atoms with van der Waals surface area (Å²) in [5, 5.41) is 12.7. The van der Waals surface area contributed by atoms with E-state index in [1.165, 1.54) is 7.11 Å². The van der Waals surface area contributed by atoms with Gasteiger partial charge in [-0.3, -0.25) is 0 Å². The van der Waals surface area contributed by atoms with Crippen LogP contribution in [0.1, 0.15) is 12.0 Å². The third-order valence-electron chi connectivity index (χ3n) is 1.94. The summed E-state index contributed by atoms with van der Waals surface area (Å²) >= 11 is 0. The van der Waals surface area contributed by atoms with Crippen molar-refractivity contribution in [3.63, 3.8) is 0 Å². The number of hydrogen-bond donors (Lipinski definition) is 2. The van der Waals surface area contributed by atoms with Crippen molar-refractivity contribution in [2.75, 3.05) is 20.7 Å². The maximum atomic E-state index is 9.70. The molecule has 0 aliphatic rings. The lowest BCUT2D eigenvalue weighted by atomic mass is 10.2. The monoisotopic (exact) mass is 205 g/mol. The highest BCUT2D eigenvalue weighted by Gasteiger charge is 2.03. The summed E-state index contributed by atoms with van der Waals surface area (Å²) in [5.41, 5.74) is 0.602. The van der Waals surface area contributed by atoms with Crippen molar-refractivity contribution >= 4 is 0 Å². The summed E-state index contributed by atoms with van der Waals surface area (Å²) in [5.74, 6) is 6.43. The number of ether oxygens (including phenoxy) is 1. The average Bonchev–Trinajstić information content (AvgIpc) is 2.26. The first-order chi connectivity index (χ1) is 7.29. The number of nitrogens with one attached hydrogen (secondary N) is 1. The van der Waals surface area contributed by atoms with Crippen LogP contribution >= 0.6 is 0 Å². The normalized spacial score (nSPS) is 9.20. The summed E-state index contributed by atoms with van der Waals surface area (Å²) in [6.07, 6.45) is 0.757. The van der Waals surface area contributed by atoms with Gasteiger partial charge >= 0.3 is 0 Å². The Morgan fingerprint density at radius 2 is 2.27 bits per heavy atom. The third kappa shape index (κ3) is 3.19. The molecule has 0 fully saturated rings. The maximum absolute atomic E-state index is 9.70. The van der Waals surface area contributed by atoms with Crippen molar-refractivity contribution in [1.82, 2.24) is 5.32 Å². The van der Waals surface area contributed by atoms with Gasteiger partial charge in [-0.2, -0.15) is 0 Å². The van der Waals surface area contributed by atoms with Gasteiger partial charge in [0.1, 0.15) is 0 Å². The van der Waals surface area contributed by atoms with Crippen LogP contribution in [0.5, 0.6) is 11.5 Å². The summed E-state index contributed by atoms with van der Waals surface area (Å²) < 4.78 is 4.98. The van der Waals surface area contributed by atoms with Crippen molar-refractivity contribution in [3.8, 4) is 23.3 Å².